The molecule has 4 aromatic rings. The molecule has 4 rings (SSSR count). The zero-order valence-electron chi connectivity index (χ0n) is 16.6. The van der Waals surface area contributed by atoms with Crippen molar-refractivity contribution in [3.8, 4) is 16.9 Å². The lowest BCUT2D eigenvalue weighted by Gasteiger charge is -2.12. The number of carbonyl (C=O) groups is 1. The molecule has 1 heterocycles. The fourth-order valence-corrected chi connectivity index (χ4v) is 3.38. The van der Waals surface area contributed by atoms with Crippen LogP contribution in [0.5, 0.6) is 5.75 Å². The second kappa shape index (κ2) is 8.78. The van der Waals surface area contributed by atoms with Crippen LogP contribution >= 0.6 is 0 Å². The maximum absolute atomic E-state index is 13.3. The Morgan fingerprint density at radius 2 is 1.90 bits per heavy atom. The lowest BCUT2D eigenvalue weighted by Crippen LogP contribution is -2.19. The van der Waals surface area contributed by atoms with Crippen molar-refractivity contribution < 1.29 is 13.9 Å². The van der Waals surface area contributed by atoms with Crippen LogP contribution in [-0.2, 0) is 17.9 Å². The summed E-state index contributed by atoms with van der Waals surface area (Å²) in [5.41, 5.74) is 3.94. The predicted octanol–water partition coefficient (Wildman–Crippen LogP) is 4.56. The Kier molecular flexibility index (Phi) is 5.75. The average Bonchev–Trinajstić information content (AvgIpc) is 3.19. The molecule has 0 bridgehead atoms. The van der Waals surface area contributed by atoms with Crippen molar-refractivity contribution in [2.24, 2.45) is 0 Å². The van der Waals surface area contributed by atoms with E-state index >= 15 is 0 Å². The molecule has 0 unspecified atom stereocenters. The van der Waals surface area contributed by atoms with Gasteiger partial charge in [-0.2, -0.15) is 5.10 Å². The van der Waals surface area contributed by atoms with Crippen LogP contribution in [0.3, 0.4) is 0 Å². The van der Waals surface area contributed by atoms with Crippen LogP contribution in [0.15, 0.2) is 72.9 Å². The van der Waals surface area contributed by atoms with Crippen LogP contribution < -0.4 is 10.1 Å². The van der Waals surface area contributed by atoms with Gasteiger partial charge in [-0.1, -0.05) is 36.4 Å². The number of amides is 1. The number of hydrogen-bond acceptors (Lipinski definition) is 3. The van der Waals surface area contributed by atoms with Crippen molar-refractivity contribution in [1.29, 1.82) is 0 Å². The van der Waals surface area contributed by atoms with E-state index in [0.717, 1.165) is 33.3 Å². The maximum Gasteiger partial charge on any atom is 0.221 e. The highest BCUT2D eigenvalue weighted by Crippen LogP contribution is 2.26. The summed E-state index contributed by atoms with van der Waals surface area (Å²) in [7, 11) is 1.63. The van der Waals surface area contributed by atoms with Gasteiger partial charge in [-0.3, -0.25) is 9.48 Å². The van der Waals surface area contributed by atoms with Crippen LogP contribution in [0.4, 0.5) is 4.39 Å². The van der Waals surface area contributed by atoms with Crippen molar-refractivity contribution in [3.05, 3.63) is 84.3 Å². The Morgan fingerprint density at radius 1 is 1.10 bits per heavy atom. The van der Waals surface area contributed by atoms with E-state index in [1.54, 1.807) is 25.4 Å². The van der Waals surface area contributed by atoms with Crippen LogP contribution in [-0.4, -0.2) is 22.7 Å². The quantitative estimate of drug-likeness (QED) is 0.492. The molecule has 1 amide bonds. The van der Waals surface area contributed by atoms with E-state index in [9.17, 15) is 9.18 Å². The van der Waals surface area contributed by atoms with Crippen LogP contribution in [0.25, 0.3) is 22.0 Å². The number of hydrogen-bond donors (Lipinski definition) is 1. The molecular formula is C24H22FN3O2. The molecule has 1 N–H and O–H groups in total. The third-order valence-electron chi connectivity index (χ3n) is 5.01. The molecule has 0 saturated carbocycles. The zero-order valence-corrected chi connectivity index (χ0v) is 16.6. The normalized spacial score (nSPS) is 10.9. The van der Waals surface area contributed by atoms with E-state index in [-0.39, 0.29) is 11.7 Å². The lowest BCUT2D eigenvalue weighted by atomic mass is 10.0. The molecule has 30 heavy (non-hydrogen) atoms. The van der Waals surface area contributed by atoms with Crippen molar-refractivity contribution in [1.82, 2.24) is 15.1 Å². The fourth-order valence-electron chi connectivity index (χ4n) is 3.38. The second-order valence-corrected chi connectivity index (χ2v) is 6.96. The Labute approximate surface area is 174 Å². The number of halogens is 1. The minimum atomic E-state index is -0.253. The van der Waals surface area contributed by atoms with Gasteiger partial charge in [0, 0.05) is 18.9 Å². The van der Waals surface area contributed by atoms with Crippen molar-refractivity contribution >= 4 is 16.8 Å². The molecule has 0 radical (unpaired) electrons. The summed E-state index contributed by atoms with van der Waals surface area (Å²) in [6.45, 7) is 0.915. The summed E-state index contributed by atoms with van der Waals surface area (Å²) in [5, 5.41) is 7.94. The molecular weight excluding hydrogens is 381 g/mol. The van der Waals surface area contributed by atoms with Gasteiger partial charge in [-0.25, -0.2) is 4.39 Å². The number of aromatic nitrogens is 2. The van der Waals surface area contributed by atoms with Gasteiger partial charge in [0.25, 0.3) is 0 Å². The van der Waals surface area contributed by atoms with E-state index < -0.39 is 0 Å². The number of benzene rings is 3. The number of nitrogens with zero attached hydrogens (tertiary/aromatic N) is 2. The molecule has 1 aromatic heterocycles. The van der Waals surface area contributed by atoms with Gasteiger partial charge >= 0.3 is 0 Å². The first-order chi connectivity index (χ1) is 14.6. The summed E-state index contributed by atoms with van der Waals surface area (Å²) >= 11 is 0. The number of fused-ring (bicyclic) bond motifs is 1. The van der Waals surface area contributed by atoms with Gasteiger partial charge < -0.3 is 10.1 Å². The highest BCUT2D eigenvalue weighted by molar-refractivity contribution is 5.80. The van der Waals surface area contributed by atoms with E-state index in [1.165, 1.54) is 12.1 Å². The van der Waals surface area contributed by atoms with Crippen molar-refractivity contribution in [2.45, 2.75) is 19.6 Å². The average molecular weight is 403 g/mol. The molecule has 3 aromatic carbocycles. The number of ether oxygens (including phenoxy) is 1. The Morgan fingerprint density at radius 3 is 2.70 bits per heavy atom. The highest BCUT2D eigenvalue weighted by atomic mass is 19.1. The third kappa shape index (κ3) is 4.33. The fraction of sp³-hybridized carbons (Fsp3) is 0.167. The second-order valence-electron chi connectivity index (χ2n) is 6.96. The predicted molar refractivity (Wildman–Crippen MR) is 115 cm³/mol. The SMILES string of the molecule is CNC(=O)CCn1ncc2cc(OCc3ccccc3-c3ccc(F)cc3)ccc21. The van der Waals surface area contributed by atoms with Gasteiger partial charge in [0.05, 0.1) is 18.3 Å². The number of aryl methyl sites for hydroxylation is 1. The van der Waals surface area contributed by atoms with Gasteiger partial charge in [0.2, 0.25) is 5.91 Å². The smallest absolute Gasteiger partial charge is 0.221 e. The molecule has 0 aliphatic heterocycles. The minimum absolute atomic E-state index is 0.0153. The lowest BCUT2D eigenvalue weighted by molar-refractivity contribution is -0.120. The van der Waals surface area contributed by atoms with Gasteiger partial charge in [-0.05, 0) is 47.0 Å². The standard InChI is InChI=1S/C24H22FN3O2/c1-26-24(29)12-13-28-23-11-10-21(14-19(23)15-27-28)30-16-18-4-2-3-5-22(18)17-6-8-20(25)9-7-17/h2-11,14-15H,12-13,16H2,1H3,(H,26,29). The van der Waals surface area contributed by atoms with Crippen LogP contribution in [0.1, 0.15) is 12.0 Å². The van der Waals surface area contributed by atoms with E-state index in [1.807, 2.05) is 47.1 Å². The zero-order chi connectivity index (χ0) is 20.9. The molecule has 5 nitrogen and oxygen atoms in total. The minimum Gasteiger partial charge on any atom is -0.489 e. The Bertz CT molecular complexity index is 1170. The van der Waals surface area contributed by atoms with Gasteiger partial charge in [0.1, 0.15) is 18.2 Å². The van der Waals surface area contributed by atoms with E-state index in [0.29, 0.717) is 19.6 Å². The first-order valence-electron chi connectivity index (χ1n) is 9.77. The molecule has 0 spiro atoms. The van der Waals surface area contributed by atoms with Crippen molar-refractivity contribution in [3.63, 3.8) is 0 Å². The third-order valence-corrected chi connectivity index (χ3v) is 5.01. The van der Waals surface area contributed by atoms with Gasteiger partial charge in [0.15, 0.2) is 0 Å². The molecule has 0 aliphatic rings. The number of nitrogens with one attached hydrogen (secondary N) is 1. The molecule has 0 aliphatic carbocycles. The Balaban J connectivity index is 1.49. The summed E-state index contributed by atoms with van der Waals surface area (Å²) in [5.74, 6) is 0.470. The maximum atomic E-state index is 13.3. The Hall–Kier alpha value is -3.67. The molecule has 6 heteroatoms. The molecule has 152 valence electrons. The highest BCUT2D eigenvalue weighted by Gasteiger charge is 2.09. The first kappa shape index (κ1) is 19.6. The summed E-state index contributed by atoms with van der Waals surface area (Å²) in [6, 6.07) is 20.2. The van der Waals surface area contributed by atoms with Crippen LogP contribution in [0, 0.1) is 5.82 Å². The summed E-state index contributed by atoms with van der Waals surface area (Å²) < 4.78 is 21.1. The molecule has 0 fully saturated rings. The van der Waals surface area contributed by atoms with E-state index in [2.05, 4.69) is 10.4 Å². The molecule has 0 saturated heterocycles. The van der Waals surface area contributed by atoms with E-state index in [4.69, 9.17) is 4.74 Å². The molecule has 0 atom stereocenters. The largest absolute Gasteiger partial charge is 0.489 e. The first-order valence-corrected chi connectivity index (χ1v) is 9.77. The number of rotatable bonds is 7. The van der Waals surface area contributed by atoms with Crippen molar-refractivity contribution in [2.75, 3.05) is 7.05 Å². The number of carbonyl (C=O) groups excluding carboxylic acids is 1. The monoisotopic (exact) mass is 403 g/mol. The summed E-state index contributed by atoms with van der Waals surface area (Å²) in [6.07, 6.45) is 2.16. The van der Waals surface area contributed by atoms with Gasteiger partial charge in [-0.15, -0.1) is 0 Å². The van der Waals surface area contributed by atoms with Crippen LogP contribution in [0.2, 0.25) is 0 Å². The summed E-state index contributed by atoms with van der Waals surface area (Å²) in [4.78, 5) is 11.5. The topological polar surface area (TPSA) is 56.2 Å².